The van der Waals surface area contributed by atoms with E-state index in [9.17, 15) is 5.26 Å². The molecule has 0 aliphatic heterocycles. The molecule has 6 nitrogen and oxygen atoms in total. The molecule has 0 aliphatic carbocycles. The summed E-state index contributed by atoms with van der Waals surface area (Å²) in [5.74, 6) is 0.625. The van der Waals surface area contributed by atoms with Gasteiger partial charge in [-0.05, 0) is 111 Å². The summed E-state index contributed by atoms with van der Waals surface area (Å²) in [5, 5.41) is 18.1. The zero-order valence-corrected chi connectivity index (χ0v) is 45.2. The molecule has 12 aromatic rings. The summed E-state index contributed by atoms with van der Waals surface area (Å²) in [5.41, 5.74) is 16.5. The normalized spacial score (nSPS) is 12.8. The summed E-state index contributed by atoms with van der Waals surface area (Å²) < 4.78 is 12.4. The second-order valence-corrected chi connectivity index (χ2v) is 24.7. The molecule has 370 valence electrons. The van der Waals surface area contributed by atoms with E-state index in [1.54, 1.807) is 0 Å². The van der Waals surface area contributed by atoms with Crippen molar-refractivity contribution in [1.29, 1.82) is 5.26 Å². The fourth-order valence-corrected chi connectivity index (χ4v) is 11.1. The monoisotopic (exact) mass is 978 g/mol. The highest BCUT2D eigenvalue weighted by Gasteiger charge is 2.31. The third-order valence-electron chi connectivity index (χ3n) is 15.4. The fourth-order valence-electron chi connectivity index (χ4n) is 11.1. The number of para-hydroxylation sites is 1. The number of furan rings is 1. The third kappa shape index (κ3) is 7.91. The summed E-state index contributed by atoms with van der Waals surface area (Å²) >= 11 is 0. The van der Waals surface area contributed by atoms with Crippen LogP contribution in [0.3, 0.4) is 0 Å². The molecule has 8 aromatic carbocycles. The molecule has 0 unspecified atom stereocenters. The van der Waals surface area contributed by atoms with Gasteiger partial charge >= 0.3 is 0 Å². The van der Waals surface area contributed by atoms with Gasteiger partial charge < -0.3 is 13.6 Å². The van der Waals surface area contributed by atoms with Gasteiger partial charge in [-0.1, -0.05) is 180 Å². The van der Waals surface area contributed by atoms with Crippen LogP contribution >= 0.6 is 0 Å². The van der Waals surface area contributed by atoms with E-state index in [4.69, 9.17) is 14.4 Å². The Labute approximate surface area is 439 Å². The molecule has 0 aliphatic rings. The molecule has 6 heteroatoms. The summed E-state index contributed by atoms with van der Waals surface area (Å²) in [4.78, 5) is 10.4. The van der Waals surface area contributed by atoms with Crippen LogP contribution in [0.25, 0.3) is 111 Å². The number of hydrogen-bond acceptors (Lipinski definition) is 4. The van der Waals surface area contributed by atoms with E-state index >= 15 is 0 Å². The molecule has 0 bridgehead atoms. The molecule has 4 heterocycles. The Kier molecular flexibility index (Phi) is 10.7. The van der Waals surface area contributed by atoms with Crippen LogP contribution in [0.5, 0.6) is 0 Å². The van der Waals surface area contributed by atoms with Crippen LogP contribution in [0.2, 0.25) is 0 Å². The third-order valence-corrected chi connectivity index (χ3v) is 15.4. The van der Waals surface area contributed by atoms with Crippen LogP contribution in [0.1, 0.15) is 111 Å². The van der Waals surface area contributed by atoms with Crippen molar-refractivity contribution < 1.29 is 4.42 Å². The zero-order chi connectivity index (χ0) is 52.5. The average Bonchev–Trinajstić information content (AvgIpc) is 4.05. The Morgan fingerprint density at radius 2 is 0.813 bits per heavy atom. The molecule has 0 saturated carbocycles. The molecule has 0 saturated heterocycles. The van der Waals surface area contributed by atoms with Crippen molar-refractivity contribution in [3.8, 4) is 51.3 Å². The number of fused-ring (bicyclic) bond motifs is 9. The molecule has 0 radical (unpaired) electrons. The lowest BCUT2D eigenvalue weighted by Crippen LogP contribution is -2.11. The lowest BCUT2D eigenvalue weighted by atomic mass is 9.85. The lowest BCUT2D eigenvalue weighted by molar-refractivity contribution is 0.590. The predicted octanol–water partition coefficient (Wildman–Crippen LogP) is 18.6. The Balaban J connectivity index is 1.27. The van der Waals surface area contributed by atoms with Crippen LogP contribution in [-0.2, 0) is 21.7 Å². The lowest BCUT2D eigenvalue weighted by Gasteiger charge is -2.21. The highest BCUT2D eigenvalue weighted by atomic mass is 16.3. The topological polar surface area (TPSA) is 72.6 Å². The Hall–Kier alpha value is -8.27. The number of benzene rings is 8. The van der Waals surface area contributed by atoms with Gasteiger partial charge in [-0.2, -0.15) is 5.26 Å². The van der Waals surface area contributed by atoms with E-state index in [0.29, 0.717) is 22.6 Å². The minimum Gasteiger partial charge on any atom is -0.453 e. The zero-order valence-electron chi connectivity index (χ0n) is 45.2. The molecule has 12 rings (SSSR count). The Morgan fingerprint density at radius 3 is 1.25 bits per heavy atom. The summed E-state index contributed by atoms with van der Waals surface area (Å²) in [6.45, 7) is 27.3. The molecule has 0 fully saturated rings. The Bertz CT molecular complexity index is 4120. The van der Waals surface area contributed by atoms with E-state index in [2.05, 4.69) is 226 Å². The first-order chi connectivity index (χ1) is 35.7. The maximum absolute atomic E-state index is 11.8. The number of hydrogen-bond donors (Lipinski definition) is 0. The SMILES string of the molecule is CC(C)(C)c1ccc2c(c1)c1cc(C(C)(C)C)ccc1n2-c1c(C#N)cc2c(oc3c(-c4cc(-c5ccccc5)nc(-c5ccccc5)n4)cccc32)c1-n1c2ccc(C(C)(C)C)cc2c2cc(C(C)(C)C)ccc21. The molecular formula is C69H63N5O. The highest BCUT2D eigenvalue weighted by molar-refractivity contribution is 6.18. The van der Waals surface area contributed by atoms with Gasteiger partial charge in [0.25, 0.3) is 0 Å². The van der Waals surface area contributed by atoms with Crippen molar-refractivity contribution in [2.24, 2.45) is 0 Å². The second-order valence-electron chi connectivity index (χ2n) is 24.7. The van der Waals surface area contributed by atoms with Gasteiger partial charge in [-0.25, -0.2) is 9.97 Å². The van der Waals surface area contributed by atoms with E-state index in [1.807, 2.05) is 36.4 Å². The first-order valence-electron chi connectivity index (χ1n) is 26.3. The van der Waals surface area contributed by atoms with Crippen molar-refractivity contribution in [1.82, 2.24) is 19.1 Å². The van der Waals surface area contributed by atoms with Gasteiger partial charge in [0.2, 0.25) is 0 Å². The predicted molar refractivity (Wildman–Crippen MR) is 314 cm³/mol. The van der Waals surface area contributed by atoms with Gasteiger partial charge in [0.1, 0.15) is 17.3 Å². The number of rotatable bonds is 5. The maximum atomic E-state index is 11.8. The average molecular weight is 978 g/mol. The van der Waals surface area contributed by atoms with Gasteiger partial charge in [-0.15, -0.1) is 0 Å². The molecule has 4 aromatic heterocycles. The standard InChI is InChI=1S/C69H63N5O/c1-66(2,3)44-26-30-57-50(35-44)51-36-45(67(4,5)6)27-31-58(51)73(57)61-43(40-70)34-54-48-24-19-25-49(56-39-55(41-20-15-13-16-21-41)71-65(72-56)42-22-17-14-18-23-42)63(48)75-64(54)62(61)74-59-32-28-46(68(7,8)9)37-52(59)53-38-47(69(10,11)12)29-33-60(53)74/h13-39H,1-12H3. The van der Waals surface area contributed by atoms with Gasteiger partial charge in [0.15, 0.2) is 11.4 Å². The van der Waals surface area contributed by atoms with Gasteiger partial charge in [0, 0.05) is 49.0 Å². The van der Waals surface area contributed by atoms with Crippen molar-refractivity contribution in [3.63, 3.8) is 0 Å². The first kappa shape index (κ1) is 47.7. The Morgan fingerprint density at radius 1 is 0.387 bits per heavy atom. The minimum atomic E-state index is -0.0962. The van der Waals surface area contributed by atoms with E-state index in [-0.39, 0.29) is 21.7 Å². The largest absolute Gasteiger partial charge is 0.453 e. The smallest absolute Gasteiger partial charge is 0.161 e. The summed E-state index contributed by atoms with van der Waals surface area (Å²) in [6.07, 6.45) is 0. The van der Waals surface area contributed by atoms with Crippen molar-refractivity contribution in [2.45, 2.75) is 105 Å². The quantitative estimate of drug-likeness (QED) is 0.172. The van der Waals surface area contributed by atoms with Crippen molar-refractivity contribution in [2.75, 3.05) is 0 Å². The molecular weight excluding hydrogens is 915 g/mol. The highest BCUT2D eigenvalue weighted by Crippen LogP contribution is 2.48. The van der Waals surface area contributed by atoms with Crippen LogP contribution < -0.4 is 0 Å². The summed E-state index contributed by atoms with van der Waals surface area (Å²) in [6, 6.07) is 61.3. The van der Waals surface area contributed by atoms with Crippen LogP contribution in [0, 0.1) is 11.3 Å². The van der Waals surface area contributed by atoms with Crippen LogP contribution in [0.15, 0.2) is 168 Å². The van der Waals surface area contributed by atoms with Crippen LogP contribution in [-0.4, -0.2) is 19.1 Å². The van der Waals surface area contributed by atoms with E-state index in [0.717, 1.165) is 93.8 Å². The molecule has 0 amide bonds. The van der Waals surface area contributed by atoms with E-state index < -0.39 is 0 Å². The van der Waals surface area contributed by atoms with Crippen molar-refractivity contribution in [3.05, 3.63) is 192 Å². The van der Waals surface area contributed by atoms with Crippen LogP contribution in [0.4, 0.5) is 0 Å². The minimum absolute atomic E-state index is 0.0910. The number of nitrogens with zero attached hydrogens (tertiary/aromatic N) is 5. The molecule has 75 heavy (non-hydrogen) atoms. The van der Waals surface area contributed by atoms with Gasteiger partial charge in [-0.3, -0.25) is 0 Å². The first-order valence-corrected chi connectivity index (χ1v) is 26.3. The second kappa shape index (κ2) is 16.9. The number of aromatic nitrogens is 4. The fraction of sp³-hybridized carbons (Fsp3) is 0.232. The number of nitriles is 1. The molecule has 0 spiro atoms. The van der Waals surface area contributed by atoms with Crippen molar-refractivity contribution >= 4 is 65.6 Å². The molecule has 0 N–H and O–H groups in total. The van der Waals surface area contributed by atoms with Gasteiger partial charge in [0.05, 0.1) is 44.7 Å². The summed E-state index contributed by atoms with van der Waals surface area (Å²) in [7, 11) is 0. The molecule has 0 atom stereocenters. The van der Waals surface area contributed by atoms with E-state index in [1.165, 1.54) is 22.3 Å². The maximum Gasteiger partial charge on any atom is 0.161 e.